The second kappa shape index (κ2) is 8.94. The van der Waals surface area contributed by atoms with E-state index in [1.165, 1.54) is 44.3 Å². The minimum Gasteiger partial charge on any atom is -1.00 e. The van der Waals surface area contributed by atoms with Crippen LogP contribution in [0.5, 0.6) is 0 Å². The Bertz CT molecular complexity index is 1350. The highest BCUT2D eigenvalue weighted by Crippen LogP contribution is 2.34. The lowest BCUT2D eigenvalue weighted by Crippen LogP contribution is -3.00. The van der Waals surface area contributed by atoms with Gasteiger partial charge in [0, 0.05) is 47.1 Å². The first-order chi connectivity index (χ1) is 15.9. The molecule has 6 heterocycles. The Morgan fingerprint density at radius 3 is 1.53 bits per heavy atom. The highest BCUT2D eigenvalue weighted by molar-refractivity contribution is 5.95. The number of hydrogen-bond donors (Lipinski definition) is 0. The largest absolute Gasteiger partial charge is 1.00 e. The van der Waals surface area contributed by atoms with Crippen molar-refractivity contribution in [2.24, 2.45) is 0 Å². The van der Waals surface area contributed by atoms with Gasteiger partial charge in [0.05, 0.1) is 13.1 Å². The molecule has 4 aliphatic rings. The molecule has 34 heavy (non-hydrogen) atoms. The van der Waals surface area contributed by atoms with Crippen LogP contribution in [0.1, 0.15) is 11.1 Å². The van der Waals surface area contributed by atoms with E-state index in [0.717, 1.165) is 39.3 Å². The minimum absolute atomic E-state index is 0. The van der Waals surface area contributed by atoms with E-state index in [1.807, 2.05) is 0 Å². The van der Waals surface area contributed by atoms with Gasteiger partial charge in [0.15, 0.2) is 25.5 Å². The molecule has 0 aliphatic carbocycles. The Morgan fingerprint density at radius 2 is 1.06 bits per heavy atom. The molecule has 0 fully saturated rings. The third-order valence-electron chi connectivity index (χ3n) is 7.19. The van der Waals surface area contributed by atoms with Crippen LogP contribution in [0.2, 0.25) is 0 Å². The van der Waals surface area contributed by atoms with Crippen LogP contribution < -0.4 is 43.7 Å². The molecule has 0 N–H and O–H groups in total. The maximum Gasteiger partial charge on any atom is 0.236 e. The zero-order valence-electron chi connectivity index (χ0n) is 18.9. The molecular weight excluding hydrogens is 463 g/mol. The van der Waals surface area contributed by atoms with E-state index in [-0.39, 0.29) is 24.8 Å². The Morgan fingerprint density at radius 1 is 0.588 bits per heavy atom. The minimum atomic E-state index is 0. The lowest BCUT2D eigenvalue weighted by atomic mass is 10.0. The van der Waals surface area contributed by atoms with Crippen LogP contribution in [0, 0.1) is 0 Å². The van der Waals surface area contributed by atoms with Gasteiger partial charge in [-0.3, -0.25) is 0 Å². The van der Waals surface area contributed by atoms with E-state index in [2.05, 4.69) is 104 Å². The van der Waals surface area contributed by atoms with Gasteiger partial charge in [0.2, 0.25) is 11.0 Å². The normalized spacial score (nSPS) is 15.9. The highest BCUT2D eigenvalue weighted by atomic mass is 35.5. The number of hydrogen-bond acceptors (Lipinski definition) is 2. The fraction of sp³-hybridized carbons (Fsp3) is 0.214. The van der Waals surface area contributed by atoms with Gasteiger partial charge < -0.3 is 34.6 Å². The van der Waals surface area contributed by atoms with Crippen molar-refractivity contribution in [1.82, 2.24) is 0 Å². The summed E-state index contributed by atoms with van der Waals surface area (Å²) in [6, 6.07) is 17.6. The molecule has 0 saturated carbocycles. The van der Waals surface area contributed by atoms with Crippen molar-refractivity contribution in [3.05, 3.63) is 84.2 Å². The number of benzene rings is 2. The number of rotatable bonds is 0. The van der Waals surface area contributed by atoms with Crippen LogP contribution in [-0.4, -0.2) is 26.2 Å². The van der Waals surface area contributed by atoms with E-state index in [0.29, 0.717) is 0 Å². The van der Waals surface area contributed by atoms with Crippen LogP contribution in [0.15, 0.2) is 73.1 Å². The van der Waals surface area contributed by atoms with E-state index in [4.69, 9.17) is 0 Å². The van der Waals surface area contributed by atoms with Gasteiger partial charge in [-0.1, -0.05) is 36.4 Å². The molecular formula is C28H26Cl2N4. The molecule has 0 saturated heterocycles. The fourth-order valence-corrected chi connectivity index (χ4v) is 5.71. The molecule has 0 bridgehead atoms. The predicted octanol–water partition coefficient (Wildman–Crippen LogP) is -2.04. The van der Waals surface area contributed by atoms with Crippen molar-refractivity contribution in [3.63, 3.8) is 0 Å². The predicted molar refractivity (Wildman–Crippen MR) is 131 cm³/mol. The van der Waals surface area contributed by atoms with Gasteiger partial charge >= 0.3 is 0 Å². The molecule has 0 atom stereocenters. The van der Waals surface area contributed by atoms with Crippen molar-refractivity contribution < 1.29 is 33.9 Å². The lowest BCUT2D eigenvalue weighted by molar-refractivity contribution is -0.670. The molecule has 2 aromatic carbocycles. The summed E-state index contributed by atoms with van der Waals surface area (Å²) in [5.41, 5.74) is 8.36. The van der Waals surface area contributed by atoms with E-state index in [1.54, 1.807) is 0 Å². The van der Waals surface area contributed by atoms with Crippen molar-refractivity contribution in [3.8, 4) is 0 Å². The topological polar surface area (TPSA) is 14.2 Å². The first-order valence-electron chi connectivity index (χ1n) is 11.6. The van der Waals surface area contributed by atoms with Crippen LogP contribution in [-0.2, 0) is 13.1 Å². The average Bonchev–Trinajstić information content (AvgIpc) is 2.87. The average molecular weight is 489 g/mol. The van der Waals surface area contributed by atoms with Gasteiger partial charge in [-0.2, -0.15) is 9.13 Å². The van der Waals surface area contributed by atoms with Crippen LogP contribution >= 0.6 is 0 Å². The monoisotopic (exact) mass is 488 g/mol. The molecule has 4 aliphatic heterocycles. The molecule has 6 heteroatoms. The molecule has 8 rings (SSSR count). The SMILES string of the molecule is C1=Cc2ccc3ccc[n+]4c3c2N(C1)CC4.C1=Cc2ccc3ccc[n+]4c3c2N(C1)CC4.[Cl-].[Cl-]. The van der Waals surface area contributed by atoms with Crippen molar-refractivity contribution in [2.45, 2.75) is 13.1 Å². The Hall–Kier alpha value is -3.08. The number of nitrogens with zero attached hydrogens (tertiary/aromatic N) is 4. The van der Waals surface area contributed by atoms with Gasteiger partial charge in [-0.15, -0.1) is 0 Å². The summed E-state index contributed by atoms with van der Waals surface area (Å²) >= 11 is 0. The molecule has 4 nitrogen and oxygen atoms in total. The fourth-order valence-electron chi connectivity index (χ4n) is 5.71. The summed E-state index contributed by atoms with van der Waals surface area (Å²) in [4.78, 5) is 4.97. The zero-order valence-corrected chi connectivity index (χ0v) is 20.4. The summed E-state index contributed by atoms with van der Waals surface area (Å²) in [5.74, 6) is 0. The smallest absolute Gasteiger partial charge is 0.236 e. The third kappa shape index (κ3) is 3.44. The second-order valence-corrected chi connectivity index (χ2v) is 8.98. The second-order valence-electron chi connectivity index (χ2n) is 8.98. The highest BCUT2D eigenvalue weighted by Gasteiger charge is 2.28. The molecule has 2 aromatic heterocycles. The third-order valence-corrected chi connectivity index (χ3v) is 7.19. The maximum absolute atomic E-state index is 2.48. The summed E-state index contributed by atoms with van der Waals surface area (Å²) in [5, 5.41) is 2.70. The summed E-state index contributed by atoms with van der Waals surface area (Å²) in [6.45, 7) is 6.56. The molecule has 4 aromatic rings. The molecule has 0 unspecified atom stereocenters. The quantitative estimate of drug-likeness (QED) is 0.265. The summed E-state index contributed by atoms with van der Waals surface area (Å²) in [7, 11) is 0. The molecule has 0 spiro atoms. The number of halogens is 2. The maximum atomic E-state index is 2.48. The number of pyridine rings is 2. The Labute approximate surface area is 212 Å². The first-order valence-corrected chi connectivity index (χ1v) is 11.6. The van der Waals surface area contributed by atoms with Crippen molar-refractivity contribution in [1.29, 1.82) is 0 Å². The van der Waals surface area contributed by atoms with Gasteiger partial charge in [0.25, 0.3) is 0 Å². The first kappa shape index (κ1) is 22.7. The van der Waals surface area contributed by atoms with E-state index in [9.17, 15) is 0 Å². The standard InChI is InChI=1S/2C14H13N2.2ClH/c2*1-3-11-5-6-12-4-2-8-16-10-9-15(7-1)13(11)14(12)16;;/h2*1-7H,8-10H2;2*1H/q2*+1;;/p-2. The lowest BCUT2D eigenvalue weighted by Gasteiger charge is -2.30. The van der Waals surface area contributed by atoms with Crippen LogP contribution in [0.25, 0.3) is 34.0 Å². The van der Waals surface area contributed by atoms with Gasteiger partial charge in [0.1, 0.15) is 11.4 Å². The van der Waals surface area contributed by atoms with Gasteiger partial charge in [-0.05, 0) is 24.3 Å². The number of anilines is 2. The van der Waals surface area contributed by atoms with Crippen molar-refractivity contribution in [2.75, 3.05) is 36.0 Å². The zero-order chi connectivity index (χ0) is 21.1. The van der Waals surface area contributed by atoms with Crippen LogP contribution in [0.4, 0.5) is 11.4 Å². The van der Waals surface area contributed by atoms with Crippen molar-refractivity contribution >= 4 is 45.3 Å². The molecule has 0 amide bonds. The summed E-state index contributed by atoms with van der Waals surface area (Å²) in [6.07, 6.45) is 13.4. The number of aromatic nitrogens is 2. The van der Waals surface area contributed by atoms with Gasteiger partial charge in [-0.25, -0.2) is 0 Å². The molecule has 172 valence electrons. The molecule has 0 radical (unpaired) electrons. The van der Waals surface area contributed by atoms with Crippen LogP contribution in [0.3, 0.4) is 0 Å². The van der Waals surface area contributed by atoms with E-state index >= 15 is 0 Å². The summed E-state index contributed by atoms with van der Waals surface area (Å²) < 4.78 is 4.76. The van der Waals surface area contributed by atoms with E-state index < -0.39 is 0 Å². The Kier molecular flexibility index (Phi) is 5.97. The Balaban J connectivity index is 0.000000134.